The van der Waals surface area contributed by atoms with Crippen molar-refractivity contribution in [3.05, 3.63) is 59.7 Å². The van der Waals surface area contributed by atoms with Gasteiger partial charge >= 0.3 is 0 Å². The number of hydrogen-bond acceptors (Lipinski definition) is 3. The third kappa shape index (κ3) is 3.88. The van der Waals surface area contributed by atoms with Crippen LogP contribution in [0.5, 0.6) is 0 Å². The van der Waals surface area contributed by atoms with Crippen LogP contribution in [0.2, 0.25) is 0 Å². The first-order chi connectivity index (χ1) is 12.8. The third-order valence-corrected chi connectivity index (χ3v) is 5.49. The Hall–Kier alpha value is -2.40. The number of carbonyl (C=O) groups excluding carboxylic acids is 1. The molecule has 0 spiro atoms. The average molecular weight is 350 g/mol. The van der Waals surface area contributed by atoms with Crippen LogP contribution in [0.4, 0.5) is 0 Å². The third-order valence-electron chi connectivity index (χ3n) is 5.49. The van der Waals surface area contributed by atoms with Crippen molar-refractivity contribution in [3.63, 3.8) is 0 Å². The van der Waals surface area contributed by atoms with Gasteiger partial charge in [-0.15, -0.1) is 0 Å². The number of aryl methyl sites for hydroxylation is 1. The van der Waals surface area contributed by atoms with Crippen LogP contribution < -0.4 is 0 Å². The number of carbonyl (C=O) groups is 1. The van der Waals surface area contributed by atoms with Crippen molar-refractivity contribution in [1.82, 2.24) is 19.8 Å². The Morgan fingerprint density at radius 1 is 1.19 bits per heavy atom. The molecule has 1 fully saturated rings. The number of hydrogen-bond donors (Lipinski definition) is 1. The Kier molecular flexibility index (Phi) is 5.16. The highest BCUT2D eigenvalue weighted by Crippen LogP contribution is 2.25. The maximum atomic E-state index is 12.8. The first-order valence-corrected chi connectivity index (χ1v) is 9.53. The van der Waals surface area contributed by atoms with Crippen molar-refractivity contribution in [3.8, 4) is 0 Å². The van der Waals surface area contributed by atoms with Crippen LogP contribution >= 0.6 is 0 Å². The smallest absolute Gasteiger partial charge is 0.226 e. The molecule has 2 heterocycles. The number of benzene rings is 1. The minimum atomic E-state index is 0.118. The van der Waals surface area contributed by atoms with Gasteiger partial charge in [0, 0.05) is 50.8 Å². The molecule has 1 atom stereocenters. The topological polar surface area (TPSA) is 52.2 Å². The fraction of sp³-hybridized carbons (Fsp3) is 0.429. The summed E-state index contributed by atoms with van der Waals surface area (Å²) in [6.07, 6.45) is 8.79. The summed E-state index contributed by atoms with van der Waals surface area (Å²) in [6, 6.07) is 10.4. The number of amides is 1. The molecule has 1 aliphatic heterocycles. The molecule has 1 aromatic carbocycles. The van der Waals surface area contributed by atoms with Gasteiger partial charge in [0.15, 0.2) is 0 Å². The molecule has 5 heteroatoms. The molecule has 26 heavy (non-hydrogen) atoms. The van der Waals surface area contributed by atoms with Crippen LogP contribution in [-0.4, -0.2) is 58.4 Å². The Balaban J connectivity index is 1.25. The molecule has 5 nitrogen and oxygen atoms in total. The van der Waals surface area contributed by atoms with Gasteiger partial charge in [-0.05, 0) is 18.4 Å². The molecule has 0 unspecified atom stereocenters. The monoisotopic (exact) mass is 350 g/mol. The van der Waals surface area contributed by atoms with Gasteiger partial charge in [0.2, 0.25) is 5.91 Å². The summed E-state index contributed by atoms with van der Waals surface area (Å²) in [5.41, 5.74) is 3.53. The van der Waals surface area contributed by atoms with E-state index in [0.717, 1.165) is 63.4 Å². The molecular formula is C21H26N4O. The van der Waals surface area contributed by atoms with Crippen molar-refractivity contribution >= 4 is 12.0 Å². The molecule has 2 aliphatic rings. The number of rotatable bonds is 4. The second kappa shape index (κ2) is 7.87. The van der Waals surface area contributed by atoms with Crippen molar-refractivity contribution in [2.24, 2.45) is 5.92 Å². The minimum absolute atomic E-state index is 0.118. The normalized spacial score (nSPS) is 21.1. The second-order valence-corrected chi connectivity index (χ2v) is 7.21. The van der Waals surface area contributed by atoms with Gasteiger partial charge in [-0.25, -0.2) is 4.98 Å². The van der Waals surface area contributed by atoms with Gasteiger partial charge in [0.1, 0.15) is 0 Å². The minimum Gasteiger partial charge on any atom is -0.348 e. The van der Waals surface area contributed by atoms with Crippen LogP contribution in [0.15, 0.2) is 42.7 Å². The van der Waals surface area contributed by atoms with E-state index < -0.39 is 0 Å². The lowest BCUT2D eigenvalue weighted by Gasteiger charge is -2.36. The molecule has 1 saturated heterocycles. The molecule has 2 aromatic rings. The molecule has 0 radical (unpaired) electrons. The molecule has 0 bridgehead atoms. The van der Waals surface area contributed by atoms with Crippen molar-refractivity contribution < 1.29 is 4.79 Å². The maximum Gasteiger partial charge on any atom is 0.226 e. The molecular weight excluding hydrogens is 324 g/mol. The second-order valence-electron chi connectivity index (χ2n) is 7.21. The summed E-state index contributed by atoms with van der Waals surface area (Å²) in [6.45, 7) is 4.52. The fourth-order valence-electron chi connectivity index (χ4n) is 3.92. The number of imidazole rings is 1. The standard InChI is InChI=1S/C21H26N4O/c26-21(18-8-9-19-20(15-18)23-16-22-19)25-13-11-24(12-14-25)10-4-7-17-5-2-1-3-6-17/h1-7,16,18H,8-15H2,(H,22,23)/b7-4+/t18-/m1/s1. The molecule has 1 N–H and O–H groups in total. The van der Waals surface area contributed by atoms with Gasteiger partial charge < -0.3 is 9.88 Å². The molecule has 1 aromatic heterocycles. The lowest BCUT2D eigenvalue weighted by Crippen LogP contribution is -2.50. The van der Waals surface area contributed by atoms with E-state index in [4.69, 9.17) is 0 Å². The largest absolute Gasteiger partial charge is 0.348 e. The summed E-state index contributed by atoms with van der Waals surface area (Å²) in [5.74, 6) is 0.442. The predicted molar refractivity (Wildman–Crippen MR) is 103 cm³/mol. The van der Waals surface area contributed by atoms with Crippen LogP contribution in [0, 0.1) is 5.92 Å². The molecule has 1 aliphatic carbocycles. The zero-order chi connectivity index (χ0) is 17.8. The van der Waals surface area contributed by atoms with Gasteiger partial charge in [0.25, 0.3) is 0 Å². The summed E-state index contributed by atoms with van der Waals surface area (Å²) in [5, 5.41) is 0. The van der Waals surface area contributed by atoms with Crippen LogP contribution in [-0.2, 0) is 17.6 Å². The molecule has 4 rings (SSSR count). The number of piperazine rings is 1. The quantitative estimate of drug-likeness (QED) is 0.921. The van der Waals surface area contributed by atoms with Crippen molar-refractivity contribution in [2.45, 2.75) is 19.3 Å². The first-order valence-electron chi connectivity index (χ1n) is 9.53. The lowest BCUT2D eigenvalue weighted by molar-refractivity contribution is -0.137. The number of fused-ring (bicyclic) bond motifs is 1. The predicted octanol–water partition coefficient (Wildman–Crippen LogP) is 2.37. The Labute approximate surface area is 154 Å². The average Bonchev–Trinajstić information content (AvgIpc) is 3.17. The van der Waals surface area contributed by atoms with Gasteiger partial charge in [0.05, 0.1) is 12.0 Å². The van der Waals surface area contributed by atoms with E-state index >= 15 is 0 Å². The van der Waals surface area contributed by atoms with E-state index in [1.807, 2.05) is 6.07 Å². The van der Waals surface area contributed by atoms with E-state index in [2.05, 4.69) is 56.2 Å². The van der Waals surface area contributed by atoms with E-state index in [1.54, 1.807) is 6.33 Å². The van der Waals surface area contributed by atoms with Crippen molar-refractivity contribution in [2.75, 3.05) is 32.7 Å². The zero-order valence-corrected chi connectivity index (χ0v) is 15.1. The molecule has 0 saturated carbocycles. The number of aromatic nitrogens is 2. The SMILES string of the molecule is O=C([C@@H]1CCc2nc[nH]c2C1)N1CCN(C/C=C/c2ccccc2)CC1. The van der Waals surface area contributed by atoms with Gasteiger partial charge in [-0.3, -0.25) is 9.69 Å². The fourth-order valence-corrected chi connectivity index (χ4v) is 3.92. The van der Waals surface area contributed by atoms with Crippen molar-refractivity contribution in [1.29, 1.82) is 0 Å². The van der Waals surface area contributed by atoms with Crippen LogP contribution in [0.25, 0.3) is 6.08 Å². The highest BCUT2D eigenvalue weighted by atomic mass is 16.2. The summed E-state index contributed by atoms with van der Waals surface area (Å²) in [7, 11) is 0. The van der Waals surface area contributed by atoms with Gasteiger partial charge in [-0.2, -0.15) is 0 Å². The Bertz CT molecular complexity index is 759. The van der Waals surface area contributed by atoms with E-state index in [1.165, 1.54) is 5.56 Å². The Morgan fingerprint density at radius 2 is 2.00 bits per heavy atom. The van der Waals surface area contributed by atoms with E-state index in [0.29, 0.717) is 5.91 Å². The number of aromatic amines is 1. The maximum absolute atomic E-state index is 12.8. The van der Waals surface area contributed by atoms with Crippen LogP contribution in [0.3, 0.4) is 0 Å². The molecule has 136 valence electrons. The van der Waals surface area contributed by atoms with Crippen LogP contribution in [0.1, 0.15) is 23.4 Å². The lowest BCUT2D eigenvalue weighted by atomic mass is 9.88. The summed E-state index contributed by atoms with van der Waals surface area (Å²) >= 11 is 0. The summed E-state index contributed by atoms with van der Waals surface area (Å²) < 4.78 is 0. The highest BCUT2D eigenvalue weighted by Gasteiger charge is 2.30. The zero-order valence-electron chi connectivity index (χ0n) is 15.1. The number of nitrogens with one attached hydrogen (secondary N) is 1. The van der Waals surface area contributed by atoms with Gasteiger partial charge in [-0.1, -0.05) is 42.5 Å². The number of nitrogens with zero attached hydrogens (tertiary/aromatic N) is 3. The highest BCUT2D eigenvalue weighted by molar-refractivity contribution is 5.79. The first kappa shape index (κ1) is 17.0. The van der Waals surface area contributed by atoms with E-state index in [-0.39, 0.29) is 5.92 Å². The summed E-state index contributed by atoms with van der Waals surface area (Å²) in [4.78, 5) is 24.8. The Morgan fingerprint density at radius 3 is 2.81 bits per heavy atom. The number of H-pyrrole nitrogens is 1. The van der Waals surface area contributed by atoms with E-state index in [9.17, 15) is 4.79 Å². The molecule has 1 amide bonds.